The number of aromatic nitrogens is 3. The van der Waals surface area contributed by atoms with E-state index >= 15 is 0 Å². The molecule has 35 heavy (non-hydrogen) atoms. The summed E-state index contributed by atoms with van der Waals surface area (Å²) in [6, 6.07) is 19.9. The Morgan fingerprint density at radius 1 is 1.09 bits per heavy atom. The molecule has 1 atom stereocenters. The van der Waals surface area contributed by atoms with Crippen molar-refractivity contribution in [3.8, 4) is 5.69 Å². The van der Waals surface area contributed by atoms with Gasteiger partial charge in [-0.2, -0.15) is 0 Å². The number of rotatable bonds is 8. The maximum Gasteiger partial charge on any atom is 0.270 e. The quantitative estimate of drug-likeness (QED) is 0.164. The fraction of sp³-hybridized carbons (Fsp3) is 0.125. The molecule has 0 aliphatic carbocycles. The van der Waals surface area contributed by atoms with Crippen LogP contribution in [0.4, 0.5) is 5.69 Å². The lowest BCUT2D eigenvalue weighted by molar-refractivity contribution is -0.384. The lowest BCUT2D eigenvalue weighted by Gasteiger charge is -2.17. The monoisotopic (exact) mass is 527 g/mol. The highest BCUT2D eigenvalue weighted by atomic mass is 35.5. The van der Waals surface area contributed by atoms with E-state index in [4.69, 9.17) is 23.2 Å². The number of halogens is 2. The van der Waals surface area contributed by atoms with Crippen molar-refractivity contribution in [3.05, 3.63) is 110 Å². The molecule has 0 fully saturated rings. The molecule has 1 aromatic heterocycles. The van der Waals surface area contributed by atoms with Crippen LogP contribution in [0, 0.1) is 10.1 Å². The van der Waals surface area contributed by atoms with Gasteiger partial charge < -0.3 is 5.32 Å². The highest BCUT2D eigenvalue weighted by Gasteiger charge is 2.23. The minimum absolute atomic E-state index is 0.163. The molecule has 0 radical (unpaired) electrons. The molecular formula is C24H19Cl2N5O3S. The number of carbonyl (C=O) groups excluding carboxylic acids is 1. The van der Waals surface area contributed by atoms with Gasteiger partial charge in [0.15, 0.2) is 11.0 Å². The molecule has 178 valence electrons. The number of benzene rings is 3. The summed E-state index contributed by atoms with van der Waals surface area (Å²) in [6.45, 7) is 1.75. The molecule has 0 saturated carbocycles. The van der Waals surface area contributed by atoms with Crippen molar-refractivity contribution in [2.75, 3.05) is 0 Å². The molecule has 0 aliphatic heterocycles. The van der Waals surface area contributed by atoms with E-state index in [-0.39, 0.29) is 11.3 Å². The van der Waals surface area contributed by atoms with Gasteiger partial charge in [-0.3, -0.25) is 19.5 Å². The predicted molar refractivity (Wildman–Crippen MR) is 136 cm³/mol. The fourth-order valence-electron chi connectivity index (χ4n) is 3.37. The van der Waals surface area contributed by atoms with Crippen LogP contribution in [0.1, 0.15) is 34.7 Å². The summed E-state index contributed by atoms with van der Waals surface area (Å²) in [5.74, 6) is 0.598. The van der Waals surface area contributed by atoms with E-state index in [1.807, 2.05) is 30.3 Å². The maximum atomic E-state index is 12.8. The van der Waals surface area contributed by atoms with Crippen molar-refractivity contribution in [1.82, 2.24) is 20.1 Å². The first-order chi connectivity index (χ1) is 16.8. The third-order valence-electron chi connectivity index (χ3n) is 5.07. The molecule has 3 aromatic carbocycles. The average Bonchev–Trinajstić information content (AvgIpc) is 3.28. The summed E-state index contributed by atoms with van der Waals surface area (Å²) < 4.78 is 1.76. The SMILES string of the molecule is CC(NC(=O)c1cccc([N+](=O)[O-])c1)c1nnc(SCc2ccccc2)n1-c1cc(Cl)ccc1Cl. The minimum Gasteiger partial charge on any atom is -0.342 e. The number of nitro benzene ring substituents is 1. The number of nitro groups is 1. The number of nitrogens with zero attached hydrogens (tertiary/aromatic N) is 4. The van der Waals surface area contributed by atoms with Gasteiger partial charge in [0.05, 0.1) is 21.7 Å². The zero-order chi connectivity index (χ0) is 24.9. The van der Waals surface area contributed by atoms with Gasteiger partial charge in [0.25, 0.3) is 11.6 Å². The number of nitrogens with one attached hydrogen (secondary N) is 1. The van der Waals surface area contributed by atoms with Crippen LogP contribution < -0.4 is 5.32 Å². The number of carbonyl (C=O) groups is 1. The Morgan fingerprint density at radius 2 is 1.86 bits per heavy atom. The molecule has 4 rings (SSSR count). The van der Waals surface area contributed by atoms with Crippen molar-refractivity contribution in [2.24, 2.45) is 0 Å². The smallest absolute Gasteiger partial charge is 0.270 e. The normalized spacial score (nSPS) is 11.7. The Labute approximate surface area is 215 Å². The van der Waals surface area contributed by atoms with E-state index in [0.29, 0.717) is 32.5 Å². The van der Waals surface area contributed by atoms with Gasteiger partial charge in [0.1, 0.15) is 0 Å². The molecule has 0 aliphatic rings. The molecule has 11 heteroatoms. The van der Waals surface area contributed by atoms with Crippen molar-refractivity contribution >= 4 is 46.6 Å². The first-order valence-corrected chi connectivity index (χ1v) is 12.2. The summed E-state index contributed by atoms with van der Waals surface area (Å²) in [5.41, 5.74) is 1.68. The summed E-state index contributed by atoms with van der Waals surface area (Å²) >= 11 is 14.2. The highest BCUT2D eigenvalue weighted by Crippen LogP contribution is 2.32. The van der Waals surface area contributed by atoms with Crippen molar-refractivity contribution in [1.29, 1.82) is 0 Å². The zero-order valence-corrected chi connectivity index (χ0v) is 20.7. The summed E-state index contributed by atoms with van der Waals surface area (Å²) in [4.78, 5) is 23.4. The summed E-state index contributed by atoms with van der Waals surface area (Å²) in [6.07, 6.45) is 0. The zero-order valence-electron chi connectivity index (χ0n) is 18.4. The van der Waals surface area contributed by atoms with Gasteiger partial charge in [-0.1, -0.05) is 71.4 Å². The summed E-state index contributed by atoms with van der Waals surface area (Å²) in [5, 5.41) is 24.1. The number of thioether (sulfide) groups is 1. The van der Waals surface area contributed by atoms with Crippen LogP contribution in [0.15, 0.2) is 78.0 Å². The molecule has 0 saturated heterocycles. The van der Waals surface area contributed by atoms with Gasteiger partial charge in [-0.15, -0.1) is 10.2 Å². The Morgan fingerprint density at radius 3 is 2.60 bits per heavy atom. The van der Waals surface area contributed by atoms with Gasteiger partial charge in [0.2, 0.25) is 0 Å². The van der Waals surface area contributed by atoms with Crippen LogP contribution in [0.2, 0.25) is 10.0 Å². The van der Waals surface area contributed by atoms with Crippen LogP contribution in [0.5, 0.6) is 0 Å². The topological polar surface area (TPSA) is 103 Å². The summed E-state index contributed by atoms with van der Waals surface area (Å²) in [7, 11) is 0. The van der Waals surface area contributed by atoms with Crippen LogP contribution in [0.25, 0.3) is 5.69 Å². The first-order valence-electron chi connectivity index (χ1n) is 10.5. The standard InChI is InChI=1S/C24H19Cl2N5O3S/c1-15(27-23(32)17-8-5-9-19(12-17)31(33)34)22-28-29-24(35-14-16-6-3-2-4-7-16)30(22)21-13-18(25)10-11-20(21)26/h2-13,15H,14H2,1H3,(H,27,32). The molecule has 0 bridgehead atoms. The second-order valence-electron chi connectivity index (χ2n) is 7.55. The van der Waals surface area contributed by atoms with Gasteiger partial charge >= 0.3 is 0 Å². The molecule has 1 amide bonds. The molecule has 0 spiro atoms. The third-order valence-corrected chi connectivity index (χ3v) is 6.63. The Kier molecular flexibility index (Phi) is 7.70. The predicted octanol–water partition coefficient (Wildman–Crippen LogP) is 6.27. The molecule has 1 N–H and O–H groups in total. The van der Waals surface area contributed by atoms with Crippen LogP contribution >= 0.6 is 35.0 Å². The van der Waals surface area contributed by atoms with E-state index < -0.39 is 16.9 Å². The maximum absolute atomic E-state index is 12.8. The lowest BCUT2D eigenvalue weighted by Crippen LogP contribution is -2.28. The lowest BCUT2D eigenvalue weighted by atomic mass is 10.1. The minimum atomic E-state index is -0.601. The van der Waals surface area contributed by atoms with Crippen LogP contribution in [0.3, 0.4) is 0 Å². The van der Waals surface area contributed by atoms with E-state index in [2.05, 4.69) is 15.5 Å². The third kappa shape index (κ3) is 5.82. The average molecular weight is 528 g/mol. The van der Waals surface area contributed by atoms with Crippen molar-refractivity contribution in [3.63, 3.8) is 0 Å². The van der Waals surface area contributed by atoms with E-state index in [1.54, 1.807) is 29.7 Å². The molecular weight excluding hydrogens is 509 g/mol. The second-order valence-corrected chi connectivity index (χ2v) is 9.33. The molecule has 8 nitrogen and oxygen atoms in total. The number of hydrogen-bond donors (Lipinski definition) is 1. The van der Waals surface area contributed by atoms with E-state index in [9.17, 15) is 14.9 Å². The van der Waals surface area contributed by atoms with Gasteiger partial charge in [0, 0.05) is 28.5 Å². The van der Waals surface area contributed by atoms with Crippen molar-refractivity contribution in [2.45, 2.75) is 23.9 Å². The molecule has 1 heterocycles. The number of non-ortho nitro benzene ring substituents is 1. The van der Waals surface area contributed by atoms with Gasteiger partial charge in [-0.25, -0.2) is 0 Å². The Bertz CT molecular complexity index is 1380. The van der Waals surface area contributed by atoms with Crippen molar-refractivity contribution < 1.29 is 9.72 Å². The second kappa shape index (κ2) is 10.9. The van der Waals surface area contributed by atoms with E-state index in [1.165, 1.54) is 36.0 Å². The van der Waals surface area contributed by atoms with Gasteiger partial charge in [-0.05, 0) is 36.8 Å². The highest BCUT2D eigenvalue weighted by molar-refractivity contribution is 7.98. The molecule has 4 aromatic rings. The van der Waals surface area contributed by atoms with Crippen LogP contribution in [-0.4, -0.2) is 25.6 Å². The Hall–Kier alpha value is -3.40. The fourth-order valence-corrected chi connectivity index (χ4v) is 4.64. The molecule has 1 unspecified atom stereocenters. The largest absolute Gasteiger partial charge is 0.342 e. The van der Waals surface area contributed by atoms with E-state index in [0.717, 1.165) is 5.56 Å². The number of amides is 1. The Balaban J connectivity index is 1.66. The van der Waals surface area contributed by atoms with Crippen LogP contribution in [-0.2, 0) is 5.75 Å². The number of hydrogen-bond acceptors (Lipinski definition) is 6. The first kappa shape index (κ1) is 24.7.